The molecule has 21 heavy (non-hydrogen) atoms. The van der Waals surface area contributed by atoms with Crippen LogP contribution < -0.4 is 5.32 Å². The van der Waals surface area contributed by atoms with Crippen LogP contribution in [0.4, 0.5) is 15.8 Å². The normalized spacial score (nSPS) is 10.2. The van der Waals surface area contributed by atoms with Crippen molar-refractivity contribution in [3.05, 3.63) is 69.0 Å². The lowest BCUT2D eigenvalue weighted by atomic mass is 10.1. The third-order valence-corrected chi connectivity index (χ3v) is 3.03. The summed E-state index contributed by atoms with van der Waals surface area (Å²) in [5.74, 6) is -0.727. The van der Waals surface area contributed by atoms with Crippen molar-refractivity contribution in [1.29, 1.82) is 0 Å². The molecule has 0 bridgehead atoms. The van der Waals surface area contributed by atoms with Gasteiger partial charge in [0.2, 0.25) is 5.91 Å². The zero-order valence-corrected chi connectivity index (χ0v) is 11.4. The Bertz CT molecular complexity index is 689. The molecule has 7 heteroatoms. The van der Waals surface area contributed by atoms with Gasteiger partial charge in [0.15, 0.2) is 0 Å². The first kappa shape index (κ1) is 14.9. The van der Waals surface area contributed by atoms with E-state index in [9.17, 15) is 19.3 Å². The van der Waals surface area contributed by atoms with Gasteiger partial charge < -0.3 is 5.32 Å². The number of nitro groups is 1. The number of hydrogen-bond acceptors (Lipinski definition) is 3. The van der Waals surface area contributed by atoms with E-state index in [2.05, 4.69) is 5.32 Å². The van der Waals surface area contributed by atoms with E-state index in [0.717, 1.165) is 6.07 Å². The minimum Gasteiger partial charge on any atom is -0.324 e. The van der Waals surface area contributed by atoms with E-state index >= 15 is 0 Å². The largest absolute Gasteiger partial charge is 0.324 e. The molecule has 0 atom stereocenters. The summed E-state index contributed by atoms with van der Waals surface area (Å²) in [4.78, 5) is 21.9. The van der Waals surface area contributed by atoms with Crippen LogP contribution in [-0.4, -0.2) is 10.8 Å². The molecule has 0 aliphatic heterocycles. The lowest BCUT2D eigenvalue weighted by Gasteiger charge is -2.07. The molecule has 0 aliphatic rings. The van der Waals surface area contributed by atoms with Gasteiger partial charge in [-0.05, 0) is 23.8 Å². The van der Waals surface area contributed by atoms with Gasteiger partial charge in [-0.1, -0.05) is 23.7 Å². The van der Waals surface area contributed by atoms with Crippen LogP contribution >= 0.6 is 11.6 Å². The molecule has 0 radical (unpaired) electrons. The quantitative estimate of drug-likeness (QED) is 0.693. The molecule has 0 aliphatic carbocycles. The lowest BCUT2D eigenvalue weighted by Crippen LogP contribution is -2.14. The fraction of sp³-hybridized carbons (Fsp3) is 0.0714. The molecule has 0 fully saturated rings. The van der Waals surface area contributed by atoms with Gasteiger partial charge in [-0.2, -0.15) is 0 Å². The van der Waals surface area contributed by atoms with E-state index in [1.807, 2.05) is 0 Å². The van der Waals surface area contributed by atoms with Crippen molar-refractivity contribution in [3.8, 4) is 0 Å². The Hall–Kier alpha value is -2.47. The zero-order valence-electron chi connectivity index (χ0n) is 10.7. The van der Waals surface area contributed by atoms with Crippen LogP contribution in [0.3, 0.4) is 0 Å². The van der Waals surface area contributed by atoms with Crippen molar-refractivity contribution in [2.45, 2.75) is 6.42 Å². The number of benzene rings is 2. The van der Waals surface area contributed by atoms with Gasteiger partial charge in [0.1, 0.15) is 5.82 Å². The molecule has 1 N–H and O–H groups in total. The molecule has 2 aromatic carbocycles. The second kappa shape index (κ2) is 6.32. The minimum absolute atomic E-state index is 0.0492. The van der Waals surface area contributed by atoms with Crippen molar-refractivity contribution < 1.29 is 14.1 Å². The molecule has 108 valence electrons. The standard InChI is InChI=1S/C14H10ClFN2O3/c15-12-8-11(18(20)21)5-6-13(12)17-14(19)7-9-1-3-10(16)4-2-9/h1-6,8H,7H2,(H,17,19). The van der Waals surface area contributed by atoms with Crippen LogP contribution in [0.5, 0.6) is 0 Å². The van der Waals surface area contributed by atoms with E-state index in [0.29, 0.717) is 5.56 Å². The third-order valence-electron chi connectivity index (χ3n) is 2.72. The van der Waals surface area contributed by atoms with Gasteiger partial charge in [-0.25, -0.2) is 4.39 Å². The molecule has 0 heterocycles. The van der Waals surface area contributed by atoms with Gasteiger partial charge >= 0.3 is 0 Å². The van der Waals surface area contributed by atoms with Gasteiger partial charge in [-0.3, -0.25) is 14.9 Å². The summed E-state index contributed by atoms with van der Waals surface area (Å²) in [6, 6.07) is 9.32. The van der Waals surface area contributed by atoms with Crippen molar-refractivity contribution in [2.24, 2.45) is 0 Å². The minimum atomic E-state index is -0.573. The van der Waals surface area contributed by atoms with Crippen LogP contribution in [0.2, 0.25) is 5.02 Å². The van der Waals surface area contributed by atoms with Gasteiger partial charge in [0.25, 0.3) is 5.69 Å². The summed E-state index contributed by atoms with van der Waals surface area (Å²) < 4.78 is 12.8. The highest BCUT2D eigenvalue weighted by Gasteiger charge is 2.11. The second-order valence-corrected chi connectivity index (χ2v) is 4.68. The van der Waals surface area contributed by atoms with Crippen LogP contribution in [0.15, 0.2) is 42.5 Å². The number of nitrogens with one attached hydrogen (secondary N) is 1. The molecule has 0 saturated heterocycles. The lowest BCUT2D eigenvalue weighted by molar-refractivity contribution is -0.384. The number of amides is 1. The molecular weight excluding hydrogens is 299 g/mol. The predicted molar refractivity (Wildman–Crippen MR) is 76.8 cm³/mol. The van der Waals surface area contributed by atoms with E-state index in [-0.39, 0.29) is 34.5 Å². The summed E-state index contributed by atoms with van der Waals surface area (Å²) in [6.45, 7) is 0. The molecule has 0 aromatic heterocycles. The van der Waals surface area contributed by atoms with E-state index in [4.69, 9.17) is 11.6 Å². The predicted octanol–water partition coefficient (Wildman–Crippen LogP) is 3.57. The maximum absolute atomic E-state index is 12.8. The smallest absolute Gasteiger partial charge is 0.271 e. The summed E-state index contributed by atoms with van der Waals surface area (Å²) in [5.41, 5.74) is 0.776. The maximum atomic E-state index is 12.8. The first-order valence-electron chi connectivity index (χ1n) is 5.94. The van der Waals surface area contributed by atoms with Gasteiger partial charge in [0.05, 0.1) is 22.1 Å². The summed E-state index contributed by atoms with van der Waals surface area (Å²) in [6.07, 6.45) is 0.0492. The number of carbonyl (C=O) groups excluding carboxylic acids is 1. The molecule has 0 unspecified atom stereocenters. The Morgan fingerprint density at radius 3 is 2.48 bits per heavy atom. The van der Waals surface area contributed by atoms with Crippen molar-refractivity contribution in [1.82, 2.24) is 0 Å². The third kappa shape index (κ3) is 4.00. The van der Waals surface area contributed by atoms with Crippen molar-refractivity contribution >= 4 is 28.9 Å². The first-order valence-corrected chi connectivity index (χ1v) is 6.32. The highest BCUT2D eigenvalue weighted by molar-refractivity contribution is 6.34. The fourth-order valence-corrected chi connectivity index (χ4v) is 1.92. The van der Waals surface area contributed by atoms with Crippen LogP contribution in [-0.2, 0) is 11.2 Å². The van der Waals surface area contributed by atoms with Crippen LogP contribution in [0.25, 0.3) is 0 Å². The average Bonchev–Trinajstić information content (AvgIpc) is 2.43. The van der Waals surface area contributed by atoms with E-state index < -0.39 is 4.92 Å². The Morgan fingerprint density at radius 2 is 1.90 bits per heavy atom. The van der Waals surface area contributed by atoms with Gasteiger partial charge in [0, 0.05) is 12.1 Å². The van der Waals surface area contributed by atoms with Crippen molar-refractivity contribution in [2.75, 3.05) is 5.32 Å². The molecule has 0 spiro atoms. The summed E-state index contributed by atoms with van der Waals surface area (Å²) >= 11 is 5.87. The van der Waals surface area contributed by atoms with Crippen LogP contribution in [0.1, 0.15) is 5.56 Å². The molecule has 0 saturated carbocycles. The van der Waals surface area contributed by atoms with Gasteiger partial charge in [-0.15, -0.1) is 0 Å². The van der Waals surface area contributed by atoms with E-state index in [1.165, 1.54) is 36.4 Å². The highest BCUT2D eigenvalue weighted by atomic mass is 35.5. The van der Waals surface area contributed by atoms with E-state index in [1.54, 1.807) is 0 Å². The molecule has 2 rings (SSSR count). The number of rotatable bonds is 4. The number of anilines is 1. The van der Waals surface area contributed by atoms with Crippen molar-refractivity contribution in [3.63, 3.8) is 0 Å². The first-order chi connectivity index (χ1) is 9.95. The number of non-ortho nitro benzene ring substituents is 1. The molecular formula is C14H10ClFN2O3. The topological polar surface area (TPSA) is 72.2 Å². The molecule has 1 amide bonds. The molecule has 5 nitrogen and oxygen atoms in total. The number of carbonyl (C=O) groups is 1. The Balaban J connectivity index is 2.06. The fourth-order valence-electron chi connectivity index (χ4n) is 1.70. The number of halogens is 2. The Kier molecular flexibility index (Phi) is 4.49. The highest BCUT2D eigenvalue weighted by Crippen LogP contribution is 2.26. The Morgan fingerprint density at radius 1 is 1.24 bits per heavy atom. The summed E-state index contributed by atoms with van der Waals surface area (Å²) in [7, 11) is 0. The monoisotopic (exact) mass is 308 g/mol. The molecule has 2 aromatic rings. The number of hydrogen-bond donors (Lipinski definition) is 1. The second-order valence-electron chi connectivity index (χ2n) is 4.27. The Labute approximate surface area is 124 Å². The average molecular weight is 309 g/mol. The number of nitrogens with zero attached hydrogens (tertiary/aromatic N) is 1. The SMILES string of the molecule is O=C(Cc1ccc(F)cc1)Nc1ccc([N+](=O)[O-])cc1Cl. The maximum Gasteiger partial charge on any atom is 0.271 e. The van der Waals surface area contributed by atoms with Crippen LogP contribution in [0, 0.1) is 15.9 Å². The zero-order chi connectivity index (χ0) is 15.4. The summed E-state index contributed by atoms with van der Waals surface area (Å²) in [5, 5.41) is 13.2. The number of nitro benzene ring substituents is 1.